The van der Waals surface area contributed by atoms with Crippen molar-refractivity contribution in [3.8, 4) is 5.75 Å². The lowest BCUT2D eigenvalue weighted by Crippen LogP contribution is -2.30. The minimum Gasteiger partial charge on any atom is -0.496 e. The zero-order valence-corrected chi connectivity index (χ0v) is 9.99. The summed E-state index contributed by atoms with van der Waals surface area (Å²) in [6, 6.07) is 7.29. The van der Waals surface area contributed by atoms with Crippen LogP contribution in [0.1, 0.15) is 24.9 Å². The zero-order valence-electron chi connectivity index (χ0n) is 9.99. The Hall–Kier alpha value is -2.04. The van der Waals surface area contributed by atoms with Gasteiger partial charge in [-0.25, -0.2) is 0 Å². The Morgan fingerprint density at radius 2 is 2.18 bits per heavy atom. The fourth-order valence-electron chi connectivity index (χ4n) is 1.57. The van der Waals surface area contributed by atoms with Crippen LogP contribution >= 0.6 is 0 Å². The monoisotopic (exact) mass is 235 g/mol. The van der Waals surface area contributed by atoms with Crippen LogP contribution in [0.2, 0.25) is 0 Å². The van der Waals surface area contributed by atoms with Crippen LogP contribution < -0.4 is 15.8 Å². The van der Waals surface area contributed by atoms with Crippen molar-refractivity contribution in [1.29, 1.82) is 5.41 Å². The van der Waals surface area contributed by atoms with E-state index in [1.807, 2.05) is 31.2 Å². The van der Waals surface area contributed by atoms with Gasteiger partial charge >= 0.3 is 0 Å². The van der Waals surface area contributed by atoms with Crippen LogP contribution in [0.15, 0.2) is 24.3 Å². The first kappa shape index (κ1) is 13.0. The number of methoxy groups -OCH3 is 1. The van der Waals surface area contributed by atoms with E-state index < -0.39 is 0 Å². The SMILES string of the molecule is COc1ccccc1[C@H](C)NC(=O)CC(=N)N. The van der Waals surface area contributed by atoms with Crippen molar-refractivity contribution in [3.63, 3.8) is 0 Å². The third kappa shape index (κ3) is 3.79. The second-order valence-corrected chi connectivity index (χ2v) is 3.73. The van der Waals surface area contributed by atoms with Gasteiger partial charge in [0.05, 0.1) is 25.4 Å². The minimum atomic E-state index is -0.268. The molecule has 0 fully saturated rings. The fourth-order valence-corrected chi connectivity index (χ4v) is 1.57. The molecule has 1 amide bonds. The van der Waals surface area contributed by atoms with E-state index in [0.29, 0.717) is 0 Å². The van der Waals surface area contributed by atoms with Gasteiger partial charge in [0, 0.05) is 5.56 Å². The molecule has 0 bridgehead atoms. The first-order chi connectivity index (χ1) is 8.04. The lowest BCUT2D eigenvalue weighted by atomic mass is 10.1. The maximum Gasteiger partial charge on any atom is 0.228 e. The Morgan fingerprint density at radius 1 is 1.53 bits per heavy atom. The van der Waals surface area contributed by atoms with Gasteiger partial charge in [-0.2, -0.15) is 0 Å². The number of amidine groups is 1. The maximum absolute atomic E-state index is 11.5. The first-order valence-corrected chi connectivity index (χ1v) is 5.29. The summed E-state index contributed by atoms with van der Waals surface area (Å²) in [6.45, 7) is 1.86. The number of benzene rings is 1. The molecule has 5 nitrogen and oxygen atoms in total. The van der Waals surface area contributed by atoms with Crippen LogP contribution in [0.4, 0.5) is 0 Å². The molecule has 0 aromatic heterocycles. The van der Waals surface area contributed by atoms with Crippen LogP contribution in [0.3, 0.4) is 0 Å². The summed E-state index contributed by atoms with van der Waals surface area (Å²) in [5.41, 5.74) is 6.06. The van der Waals surface area contributed by atoms with Gasteiger partial charge in [0.1, 0.15) is 5.75 Å². The molecule has 0 spiro atoms. The number of ether oxygens (including phenoxy) is 1. The van der Waals surface area contributed by atoms with Crippen molar-refractivity contribution in [2.45, 2.75) is 19.4 Å². The molecule has 0 saturated carbocycles. The molecule has 0 heterocycles. The van der Waals surface area contributed by atoms with Crippen LogP contribution in [-0.4, -0.2) is 18.9 Å². The highest BCUT2D eigenvalue weighted by atomic mass is 16.5. The van der Waals surface area contributed by atoms with Gasteiger partial charge in [0.25, 0.3) is 0 Å². The van der Waals surface area contributed by atoms with Crippen molar-refractivity contribution in [2.24, 2.45) is 5.73 Å². The van der Waals surface area contributed by atoms with E-state index in [2.05, 4.69) is 5.32 Å². The van der Waals surface area contributed by atoms with E-state index in [0.717, 1.165) is 11.3 Å². The average molecular weight is 235 g/mol. The Balaban J connectivity index is 2.72. The van der Waals surface area contributed by atoms with Gasteiger partial charge in [-0.15, -0.1) is 0 Å². The molecule has 1 aromatic carbocycles. The molecular formula is C12H17N3O2. The zero-order chi connectivity index (χ0) is 12.8. The summed E-state index contributed by atoms with van der Waals surface area (Å²) < 4.78 is 5.21. The minimum absolute atomic E-state index is 0.0838. The summed E-state index contributed by atoms with van der Waals surface area (Å²) in [5, 5.41) is 9.81. The first-order valence-electron chi connectivity index (χ1n) is 5.29. The van der Waals surface area contributed by atoms with Gasteiger partial charge in [0.2, 0.25) is 5.91 Å². The number of nitrogens with two attached hydrogens (primary N) is 1. The lowest BCUT2D eigenvalue weighted by Gasteiger charge is -2.16. The highest BCUT2D eigenvalue weighted by Gasteiger charge is 2.13. The molecule has 92 valence electrons. The van der Waals surface area contributed by atoms with E-state index in [-0.39, 0.29) is 24.2 Å². The Bertz CT molecular complexity index is 418. The Morgan fingerprint density at radius 3 is 2.76 bits per heavy atom. The molecule has 1 atom stereocenters. The average Bonchev–Trinajstić information content (AvgIpc) is 2.27. The maximum atomic E-state index is 11.5. The summed E-state index contributed by atoms with van der Waals surface area (Å²) in [7, 11) is 1.59. The van der Waals surface area contributed by atoms with Gasteiger partial charge < -0.3 is 15.8 Å². The normalized spacial score (nSPS) is 11.6. The van der Waals surface area contributed by atoms with E-state index in [1.165, 1.54) is 0 Å². The second-order valence-electron chi connectivity index (χ2n) is 3.73. The number of hydrogen-bond donors (Lipinski definition) is 3. The highest BCUT2D eigenvalue weighted by Crippen LogP contribution is 2.24. The van der Waals surface area contributed by atoms with Gasteiger partial charge in [-0.05, 0) is 13.0 Å². The molecule has 1 rings (SSSR count). The lowest BCUT2D eigenvalue weighted by molar-refractivity contribution is -0.120. The predicted molar refractivity (Wildman–Crippen MR) is 66.1 cm³/mol. The van der Waals surface area contributed by atoms with Crippen LogP contribution in [0.5, 0.6) is 5.75 Å². The van der Waals surface area contributed by atoms with E-state index >= 15 is 0 Å². The number of carbonyl (C=O) groups excluding carboxylic acids is 1. The Labute approximate surface area is 100 Å². The number of nitrogens with one attached hydrogen (secondary N) is 2. The van der Waals surface area contributed by atoms with Crippen molar-refractivity contribution in [3.05, 3.63) is 29.8 Å². The van der Waals surface area contributed by atoms with E-state index in [9.17, 15) is 4.79 Å². The number of carbonyl (C=O) groups is 1. The van der Waals surface area contributed by atoms with Crippen LogP contribution in [0.25, 0.3) is 0 Å². The van der Waals surface area contributed by atoms with Crippen molar-refractivity contribution in [2.75, 3.05) is 7.11 Å². The summed E-state index contributed by atoms with van der Waals surface area (Å²) in [5.74, 6) is 0.314. The van der Waals surface area contributed by atoms with Crippen molar-refractivity contribution < 1.29 is 9.53 Å². The number of amides is 1. The molecule has 0 aliphatic rings. The second kappa shape index (κ2) is 5.89. The fraction of sp³-hybridized carbons (Fsp3) is 0.333. The highest BCUT2D eigenvalue weighted by molar-refractivity contribution is 5.97. The van der Waals surface area contributed by atoms with Crippen molar-refractivity contribution >= 4 is 11.7 Å². The molecular weight excluding hydrogens is 218 g/mol. The van der Waals surface area contributed by atoms with Crippen molar-refractivity contribution in [1.82, 2.24) is 5.32 Å². The third-order valence-corrected chi connectivity index (χ3v) is 2.33. The summed E-state index contributed by atoms with van der Waals surface area (Å²) >= 11 is 0. The van der Waals surface area contributed by atoms with Crippen LogP contribution in [-0.2, 0) is 4.79 Å². The van der Waals surface area contributed by atoms with Gasteiger partial charge in [-0.1, -0.05) is 18.2 Å². The van der Waals surface area contributed by atoms with Gasteiger partial charge in [-0.3, -0.25) is 10.2 Å². The molecule has 0 aliphatic carbocycles. The number of para-hydroxylation sites is 1. The number of rotatable bonds is 5. The standard InChI is InChI=1S/C12H17N3O2/c1-8(15-12(16)7-11(13)14)9-5-3-4-6-10(9)17-2/h3-6,8H,7H2,1-2H3,(H3,13,14)(H,15,16)/t8-/m0/s1. The molecule has 5 heteroatoms. The number of hydrogen-bond acceptors (Lipinski definition) is 3. The molecule has 4 N–H and O–H groups in total. The Kier molecular flexibility index (Phi) is 4.51. The third-order valence-electron chi connectivity index (χ3n) is 2.33. The quantitative estimate of drug-likeness (QED) is 0.529. The molecule has 0 radical (unpaired) electrons. The smallest absolute Gasteiger partial charge is 0.228 e. The topological polar surface area (TPSA) is 88.2 Å². The van der Waals surface area contributed by atoms with Gasteiger partial charge in [0.15, 0.2) is 0 Å². The molecule has 1 aromatic rings. The predicted octanol–water partition coefficient (Wildman–Crippen LogP) is 1.20. The van der Waals surface area contributed by atoms with E-state index in [4.69, 9.17) is 15.9 Å². The summed E-state index contributed by atoms with van der Waals surface area (Å²) in [6.07, 6.45) is -0.0838. The molecule has 17 heavy (non-hydrogen) atoms. The molecule has 0 aliphatic heterocycles. The molecule has 0 saturated heterocycles. The van der Waals surface area contributed by atoms with E-state index in [1.54, 1.807) is 7.11 Å². The largest absolute Gasteiger partial charge is 0.496 e. The van der Waals surface area contributed by atoms with Crippen LogP contribution in [0, 0.1) is 5.41 Å². The summed E-state index contributed by atoms with van der Waals surface area (Å²) in [4.78, 5) is 11.5. The molecule has 0 unspecified atom stereocenters.